The summed E-state index contributed by atoms with van der Waals surface area (Å²) in [5.41, 5.74) is 0.923. The van der Waals surface area contributed by atoms with Gasteiger partial charge in [-0.3, -0.25) is 15.1 Å². The van der Waals surface area contributed by atoms with Crippen molar-refractivity contribution in [3.8, 4) is 11.8 Å². The van der Waals surface area contributed by atoms with Gasteiger partial charge in [0.1, 0.15) is 0 Å². The van der Waals surface area contributed by atoms with Gasteiger partial charge >= 0.3 is 0 Å². The standard InChI is InChI=1S/C12H12N2O2/c1-2-3-4-9-13-10-11-5-7-12(8-6-11)14(15)16/h5-8,10H,2,9H2,1H3. The van der Waals surface area contributed by atoms with Crippen LogP contribution in [-0.4, -0.2) is 17.7 Å². The predicted octanol–water partition coefficient (Wildman–Crippen LogP) is 2.43. The van der Waals surface area contributed by atoms with Crippen molar-refractivity contribution in [2.24, 2.45) is 4.99 Å². The number of hydrogen-bond acceptors (Lipinski definition) is 3. The van der Waals surface area contributed by atoms with Gasteiger partial charge in [-0.05, 0) is 17.7 Å². The number of hydrogen-bond donors (Lipinski definition) is 0. The molecule has 0 unspecified atom stereocenters. The molecule has 0 saturated carbocycles. The Balaban J connectivity index is 2.58. The van der Waals surface area contributed by atoms with Gasteiger partial charge in [0, 0.05) is 24.8 Å². The SMILES string of the molecule is CCC#CCN=Cc1ccc([N+](=O)[O-])cc1. The van der Waals surface area contributed by atoms with Crippen molar-refractivity contribution in [3.05, 3.63) is 39.9 Å². The van der Waals surface area contributed by atoms with E-state index >= 15 is 0 Å². The number of non-ortho nitro benzene ring substituents is 1. The van der Waals surface area contributed by atoms with E-state index in [0.717, 1.165) is 12.0 Å². The molecule has 4 heteroatoms. The quantitative estimate of drug-likeness (QED) is 0.337. The van der Waals surface area contributed by atoms with Crippen LogP contribution in [0.15, 0.2) is 29.3 Å². The molecular weight excluding hydrogens is 204 g/mol. The summed E-state index contributed by atoms with van der Waals surface area (Å²) in [6.45, 7) is 2.44. The summed E-state index contributed by atoms with van der Waals surface area (Å²) in [4.78, 5) is 14.1. The molecule has 1 aromatic carbocycles. The van der Waals surface area contributed by atoms with Crippen LogP contribution in [0.25, 0.3) is 0 Å². The number of aliphatic imine (C=N–C) groups is 1. The molecule has 0 aliphatic carbocycles. The van der Waals surface area contributed by atoms with E-state index in [2.05, 4.69) is 16.8 Å². The third-order valence-corrected chi connectivity index (χ3v) is 1.82. The smallest absolute Gasteiger partial charge is 0.269 e. The van der Waals surface area contributed by atoms with Gasteiger partial charge in [-0.2, -0.15) is 0 Å². The zero-order chi connectivity index (χ0) is 11.8. The van der Waals surface area contributed by atoms with E-state index in [-0.39, 0.29) is 5.69 Å². The normalized spacial score (nSPS) is 9.81. The van der Waals surface area contributed by atoms with E-state index < -0.39 is 4.92 Å². The zero-order valence-electron chi connectivity index (χ0n) is 9.01. The van der Waals surface area contributed by atoms with Crippen molar-refractivity contribution < 1.29 is 4.92 Å². The first kappa shape index (κ1) is 11.9. The Labute approximate surface area is 94.2 Å². The van der Waals surface area contributed by atoms with Crippen molar-refractivity contribution in [1.29, 1.82) is 0 Å². The maximum Gasteiger partial charge on any atom is 0.269 e. The lowest BCUT2D eigenvalue weighted by atomic mass is 10.2. The average molecular weight is 216 g/mol. The van der Waals surface area contributed by atoms with E-state index in [1.165, 1.54) is 12.1 Å². The molecule has 0 saturated heterocycles. The van der Waals surface area contributed by atoms with Crippen LogP contribution < -0.4 is 0 Å². The summed E-state index contributed by atoms with van der Waals surface area (Å²) in [7, 11) is 0. The molecule has 0 aliphatic heterocycles. The number of nitrogens with zero attached hydrogens (tertiary/aromatic N) is 2. The van der Waals surface area contributed by atoms with Gasteiger partial charge in [-0.15, -0.1) is 5.92 Å². The summed E-state index contributed by atoms with van der Waals surface area (Å²) >= 11 is 0. The predicted molar refractivity (Wildman–Crippen MR) is 63.6 cm³/mol. The number of nitro benzene ring substituents is 1. The maximum absolute atomic E-state index is 10.4. The third-order valence-electron chi connectivity index (χ3n) is 1.82. The molecule has 0 amide bonds. The Bertz CT molecular complexity index is 438. The molecule has 0 bridgehead atoms. The summed E-state index contributed by atoms with van der Waals surface area (Å²) in [5.74, 6) is 5.78. The first-order valence-electron chi connectivity index (χ1n) is 4.94. The minimum Gasteiger partial charge on any atom is -0.280 e. The van der Waals surface area contributed by atoms with Crippen LogP contribution in [0.3, 0.4) is 0 Å². The van der Waals surface area contributed by atoms with Gasteiger partial charge in [-0.1, -0.05) is 12.8 Å². The number of rotatable bonds is 3. The Morgan fingerprint density at radius 1 is 1.38 bits per heavy atom. The van der Waals surface area contributed by atoms with Crippen LogP contribution in [0.2, 0.25) is 0 Å². The first-order valence-corrected chi connectivity index (χ1v) is 4.94. The van der Waals surface area contributed by atoms with Crippen LogP contribution in [0.1, 0.15) is 18.9 Å². The average Bonchev–Trinajstić information content (AvgIpc) is 2.29. The van der Waals surface area contributed by atoms with E-state index in [4.69, 9.17) is 0 Å². The van der Waals surface area contributed by atoms with Crippen LogP contribution in [0, 0.1) is 22.0 Å². The Kier molecular flexibility index (Phi) is 4.74. The van der Waals surface area contributed by atoms with Crippen molar-refractivity contribution in [3.63, 3.8) is 0 Å². The van der Waals surface area contributed by atoms with Gasteiger partial charge in [0.25, 0.3) is 5.69 Å². The van der Waals surface area contributed by atoms with Gasteiger partial charge in [0.15, 0.2) is 0 Å². The zero-order valence-corrected chi connectivity index (χ0v) is 9.01. The lowest BCUT2D eigenvalue weighted by Crippen LogP contribution is -1.88. The third kappa shape index (κ3) is 3.93. The second-order valence-corrected chi connectivity index (χ2v) is 3.03. The second-order valence-electron chi connectivity index (χ2n) is 3.03. The first-order chi connectivity index (χ1) is 7.74. The molecule has 16 heavy (non-hydrogen) atoms. The van der Waals surface area contributed by atoms with E-state index in [0.29, 0.717) is 6.54 Å². The molecule has 0 spiro atoms. The highest BCUT2D eigenvalue weighted by molar-refractivity contribution is 5.80. The Morgan fingerprint density at radius 2 is 2.06 bits per heavy atom. The van der Waals surface area contributed by atoms with Gasteiger partial charge < -0.3 is 0 Å². The van der Waals surface area contributed by atoms with Crippen LogP contribution >= 0.6 is 0 Å². The van der Waals surface area contributed by atoms with Crippen molar-refractivity contribution in [2.45, 2.75) is 13.3 Å². The summed E-state index contributed by atoms with van der Waals surface area (Å²) < 4.78 is 0. The highest BCUT2D eigenvalue weighted by atomic mass is 16.6. The second kappa shape index (κ2) is 6.36. The van der Waals surface area contributed by atoms with E-state index in [1.807, 2.05) is 6.92 Å². The van der Waals surface area contributed by atoms with Crippen LogP contribution in [-0.2, 0) is 0 Å². The molecule has 0 aromatic heterocycles. The Hall–Kier alpha value is -2.15. The minimum atomic E-state index is -0.423. The lowest BCUT2D eigenvalue weighted by Gasteiger charge is -1.92. The highest BCUT2D eigenvalue weighted by Crippen LogP contribution is 2.10. The fourth-order valence-electron chi connectivity index (χ4n) is 1.06. The molecule has 0 atom stereocenters. The molecule has 0 aliphatic rings. The largest absolute Gasteiger partial charge is 0.280 e. The summed E-state index contributed by atoms with van der Waals surface area (Å²) in [5, 5.41) is 10.4. The van der Waals surface area contributed by atoms with Gasteiger partial charge in [0.2, 0.25) is 0 Å². The molecule has 1 rings (SSSR count). The van der Waals surface area contributed by atoms with E-state index in [1.54, 1.807) is 18.3 Å². The highest BCUT2D eigenvalue weighted by Gasteiger charge is 2.01. The molecule has 0 radical (unpaired) electrons. The van der Waals surface area contributed by atoms with Crippen molar-refractivity contribution in [2.75, 3.05) is 6.54 Å². The topological polar surface area (TPSA) is 55.5 Å². The molecule has 4 nitrogen and oxygen atoms in total. The monoisotopic (exact) mass is 216 g/mol. The van der Waals surface area contributed by atoms with Crippen molar-refractivity contribution >= 4 is 11.9 Å². The van der Waals surface area contributed by atoms with E-state index in [9.17, 15) is 10.1 Å². The lowest BCUT2D eigenvalue weighted by molar-refractivity contribution is -0.384. The molecule has 0 heterocycles. The van der Waals surface area contributed by atoms with Crippen LogP contribution in [0.5, 0.6) is 0 Å². The summed E-state index contributed by atoms with van der Waals surface area (Å²) in [6.07, 6.45) is 2.49. The summed E-state index contributed by atoms with van der Waals surface area (Å²) in [6, 6.07) is 6.24. The Morgan fingerprint density at radius 3 is 2.62 bits per heavy atom. The fraction of sp³-hybridized carbons (Fsp3) is 0.250. The molecular formula is C12H12N2O2. The fourth-order valence-corrected chi connectivity index (χ4v) is 1.06. The molecule has 1 aromatic rings. The molecule has 82 valence electrons. The van der Waals surface area contributed by atoms with Crippen LogP contribution in [0.4, 0.5) is 5.69 Å². The van der Waals surface area contributed by atoms with Gasteiger partial charge in [-0.25, -0.2) is 0 Å². The van der Waals surface area contributed by atoms with Crippen molar-refractivity contribution in [1.82, 2.24) is 0 Å². The van der Waals surface area contributed by atoms with Gasteiger partial charge in [0.05, 0.1) is 11.5 Å². The molecule has 0 N–H and O–H groups in total. The number of nitro groups is 1. The molecule has 0 fully saturated rings. The number of benzene rings is 1. The minimum absolute atomic E-state index is 0.0860. The maximum atomic E-state index is 10.4.